The summed E-state index contributed by atoms with van der Waals surface area (Å²) in [6.45, 7) is 8.08. The first-order chi connectivity index (χ1) is 22.2. The van der Waals surface area contributed by atoms with Crippen LogP contribution in [0.15, 0.2) is 48.5 Å². The summed E-state index contributed by atoms with van der Waals surface area (Å²) in [5.74, 6) is 0.345. The topological polar surface area (TPSA) is 124 Å². The molecule has 0 saturated heterocycles. The van der Waals surface area contributed by atoms with Crippen LogP contribution in [0.4, 0.5) is 0 Å². The fourth-order valence-corrected chi connectivity index (χ4v) is 5.37. The summed E-state index contributed by atoms with van der Waals surface area (Å²) in [4.78, 5) is 19.8. The van der Waals surface area contributed by atoms with E-state index >= 15 is 0 Å². The van der Waals surface area contributed by atoms with Crippen molar-refractivity contribution in [1.29, 1.82) is 0 Å². The quantitative estimate of drug-likeness (QED) is 0.121. The maximum absolute atomic E-state index is 10.8. The minimum atomic E-state index is -0.962. The zero-order valence-corrected chi connectivity index (χ0v) is 28.0. The van der Waals surface area contributed by atoms with Crippen molar-refractivity contribution in [2.45, 2.75) is 47.1 Å². The number of nitrogens with zero attached hydrogens (tertiary/aromatic N) is 2. The average Bonchev–Trinajstić information content (AvgIpc) is 3.04. The lowest BCUT2D eigenvalue weighted by atomic mass is 9.92. The number of benzene rings is 2. The van der Waals surface area contributed by atoms with Crippen LogP contribution in [0.2, 0.25) is 10.0 Å². The van der Waals surface area contributed by atoms with E-state index in [4.69, 9.17) is 47.3 Å². The molecule has 12 heteroatoms. The number of carboxylic acids is 1. The minimum Gasteiger partial charge on any atom is -0.481 e. The van der Waals surface area contributed by atoms with E-state index in [2.05, 4.69) is 46.6 Å². The monoisotopic (exact) mass is 668 g/mol. The van der Waals surface area contributed by atoms with Crippen LogP contribution in [0.3, 0.4) is 0 Å². The number of hydrogen-bond donors (Lipinski definition) is 3. The molecule has 0 aliphatic rings. The largest absolute Gasteiger partial charge is 0.481 e. The van der Waals surface area contributed by atoms with Crippen LogP contribution in [-0.2, 0) is 31.1 Å². The number of ether oxygens (including phenoxy) is 4. The van der Waals surface area contributed by atoms with Crippen molar-refractivity contribution in [3.8, 4) is 34.6 Å². The highest BCUT2D eigenvalue weighted by Gasteiger charge is 2.17. The fraction of sp³-hybridized carbons (Fsp3) is 0.324. The van der Waals surface area contributed by atoms with Gasteiger partial charge in [0.25, 0.3) is 0 Å². The van der Waals surface area contributed by atoms with Gasteiger partial charge in [-0.05, 0) is 65.9 Å². The lowest BCUT2D eigenvalue weighted by Gasteiger charge is -2.17. The number of rotatable bonds is 16. The number of carboxylic acid groups (broad SMARTS) is 1. The van der Waals surface area contributed by atoms with Gasteiger partial charge in [0.1, 0.15) is 23.3 Å². The molecule has 0 amide bonds. The molecule has 2 heterocycles. The highest BCUT2D eigenvalue weighted by molar-refractivity contribution is 6.32. The molecular formula is C34H38Cl2N4O6. The fourth-order valence-electron chi connectivity index (χ4n) is 4.92. The summed E-state index contributed by atoms with van der Waals surface area (Å²) in [7, 11) is 3.06. The molecule has 0 aliphatic carbocycles. The van der Waals surface area contributed by atoms with Crippen molar-refractivity contribution in [3.05, 3.63) is 92.0 Å². The molecule has 0 atom stereocenters. The molecule has 4 rings (SSSR count). The van der Waals surface area contributed by atoms with Gasteiger partial charge in [-0.2, -0.15) is 9.97 Å². The molecule has 0 fully saturated rings. The van der Waals surface area contributed by atoms with Gasteiger partial charge in [-0.1, -0.05) is 66.5 Å². The standard InChI is InChI=1S/C34H38Cl2N4O6/c1-6-37-15-24-13-28(35)33(39-31(24)43-4)45-18-22-9-7-11-26(20(22)2)27-12-8-10-23(21(27)3)19-46-34-29(36)14-25(32(40-34)44-5)16-38-17-30(41)42/h7-14,37-38H,6,15-19H2,1-5H3,(H,41,42). The second-order valence-electron chi connectivity index (χ2n) is 10.4. The molecule has 4 aromatic rings. The van der Waals surface area contributed by atoms with Gasteiger partial charge in [-0.15, -0.1) is 0 Å². The Morgan fingerprint density at radius 1 is 0.739 bits per heavy atom. The molecule has 3 N–H and O–H groups in total. The van der Waals surface area contributed by atoms with Crippen LogP contribution in [-0.4, -0.2) is 48.4 Å². The van der Waals surface area contributed by atoms with Crippen LogP contribution in [0.25, 0.3) is 11.1 Å². The molecule has 0 radical (unpaired) electrons. The first kappa shape index (κ1) is 34.8. The minimum absolute atomic E-state index is 0.199. The highest BCUT2D eigenvalue weighted by Crippen LogP contribution is 2.34. The Morgan fingerprint density at radius 3 is 1.61 bits per heavy atom. The van der Waals surface area contributed by atoms with Gasteiger partial charge in [-0.25, -0.2) is 0 Å². The van der Waals surface area contributed by atoms with Crippen LogP contribution in [0, 0.1) is 13.8 Å². The van der Waals surface area contributed by atoms with E-state index < -0.39 is 5.97 Å². The van der Waals surface area contributed by atoms with Crippen molar-refractivity contribution >= 4 is 29.2 Å². The SMILES string of the molecule is CCNCc1cc(Cl)c(OCc2cccc(-c3cccc(COc4nc(OC)c(CNCC(=O)O)cc4Cl)c3C)c2C)nc1OC. The Bertz CT molecular complexity index is 1680. The third-order valence-electron chi connectivity index (χ3n) is 7.42. The predicted molar refractivity (Wildman–Crippen MR) is 178 cm³/mol. The number of carbonyl (C=O) groups is 1. The Hall–Kier alpha value is -4.09. The molecule has 46 heavy (non-hydrogen) atoms. The molecule has 0 spiro atoms. The molecule has 2 aromatic heterocycles. The summed E-state index contributed by atoms with van der Waals surface area (Å²) in [5.41, 5.74) is 7.67. The van der Waals surface area contributed by atoms with Crippen LogP contribution < -0.4 is 29.6 Å². The van der Waals surface area contributed by atoms with Crippen molar-refractivity contribution in [2.24, 2.45) is 0 Å². The van der Waals surface area contributed by atoms with Gasteiger partial charge in [0, 0.05) is 24.2 Å². The lowest BCUT2D eigenvalue weighted by molar-refractivity contribution is -0.136. The van der Waals surface area contributed by atoms with Gasteiger partial charge < -0.3 is 34.7 Å². The molecule has 2 aromatic carbocycles. The third kappa shape index (κ3) is 8.58. The molecule has 0 aliphatic heterocycles. The Morgan fingerprint density at radius 2 is 1.20 bits per heavy atom. The van der Waals surface area contributed by atoms with E-state index in [0.29, 0.717) is 39.8 Å². The van der Waals surface area contributed by atoms with E-state index in [1.54, 1.807) is 13.2 Å². The van der Waals surface area contributed by atoms with Gasteiger partial charge in [0.2, 0.25) is 23.5 Å². The first-order valence-electron chi connectivity index (χ1n) is 14.7. The van der Waals surface area contributed by atoms with Gasteiger partial charge in [-0.3, -0.25) is 4.79 Å². The predicted octanol–water partition coefficient (Wildman–Crippen LogP) is 6.53. The van der Waals surface area contributed by atoms with Gasteiger partial charge in [0.15, 0.2) is 0 Å². The normalized spacial score (nSPS) is 10.9. The average molecular weight is 670 g/mol. The van der Waals surface area contributed by atoms with Crippen LogP contribution >= 0.6 is 23.2 Å². The van der Waals surface area contributed by atoms with E-state index in [0.717, 1.165) is 45.5 Å². The van der Waals surface area contributed by atoms with Crippen molar-refractivity contribution < 1.29 is 28.8 Å². The second kappa shape index (κ2) is 16.5. The number of pyridine rings is 2. The Balaban J connectivity index is 1.51. The summed E-state index contributed by atoms with van der Waals surface area (Å²) < 4.78 is 23.0. The Kier molecular flexibility index (Phi) is 12.4. The van der Waals surface area contributed by atoms with E-state index in [-0.39, 0.29) is 32.2 Å². The smallest absolute Gasteiger partial charge is 0.317 e. The summed E-state index contributed by atoms with van der Waals surface area (Å²) in [6, 6.07) is 15.6. The number of aliphatic carboxylic acids is 1. The lowest BCUT2D eigenvalue weighted by Crippen LogP contribution is -2.22. The zero-order chi connectivity index (χ0) is 33.2. The van der Waals surface area contributed by atoms with Crippen molar-refractivity contribution in [1.82, 2.24) is 20.6 Å². The summed E-state index contributed by atoms with van der Waals surface area (Å²) in [6.07, 6.45) is 0. The van der Waals surface area contributed by atoms with Crippen molar-refractivity contribution in [2.75, 3.05) is 27.3 Å². The Labute approximate surface area is 279 Å². The zero-order valence-electron chi connectivity index (χ0n) is 26.5. The van der Waals surface area contributed by atoms with E-state index in [9.17, 15) is 4.79 Å². The van der Waals surface area contributed by atoms with Gasteiger partial charge in [0.05, 0.1) is 20.8 Å². The van der Waals surface area contributed by atoms with E-state index in [1.165, 1.54) is 7.11 Å². The summed E-state index contributed by atoms with van der Waals surface area (Å²) >= 11 is 13.0. The van der Waals surface area contributed by atoms with Crippen molar-refractivity contribution in [3.63, 3.8) is 0 Å². The molecule has 0 unspecified atom stereocenters. The second-order valence-corrected chi connectivity index (χ2v) is 11.2. The third-order valence-corrected chi connectivity index (χ3v) is 7.96. The number of nitrogens with one attached hydrogen (secondary N) is 2. The van der Waals surface area contributed by atoms with E-state index in [1.807, 2.05) is 37.3 Å². The molecule has 0 saturated carbocycles. The molecular weight excluding hydrogens is 631 g/mol. The number of aromatic nitrogens is 2. The molecule has 10 nitrogen and oxygen atoms in total. The maximum atomic E-state index is 10.8. The number of methoxy groups -OCH3 is 2. The number of hydrogen-bond acceptors (Lipinski definition) is 9. The molecule has 244 valence electrons. The number of halogens is 2. The maximum Gasteiger partial charge on any atom is 0.317 e. The van der Waals surface area contributed by atoms with Crippen LogP contribution in [0.5, 0.6) is 23.5 Å². The highest BCUT2D eigenvalue weighted by atomic mass is 35.5. The first-order valence-corrected chi connectivity index (χ1v) is 15.4. The van der Waals surface area contributed by atoms with Gasteiger partial charge >= 0.3 is 5.97 Å². The summed E-state index contributed by atoms with van der Waals surface area (Å²) in [5, 5.41) is 15.7. The molecule has 0 bridgehead atoms. The van der Waals surface area contributed by atoms with Crippen LogP contribution in [0.1, 0.15) is 40.3 Å².